The Bertz CT molecular complexity index is 2020. The van der Waals surface area contributed by atoms with Gasteiger partial charge in [0.25, 0.3) is 0 Å². The van der Waals surface area contributed by atoms with Crippen molar-refractivity contribution in [1.82, 2.24) is 0 Å². The van der Waals surface area contributed by atoms with Gasteiger partial charge < -0.3 is 9.80 Å². The lowest BCUT2D eigenvalue weighted by Gasteiger charge is -2.46. The molecule has 1 aliphatic carbocycles. The Morgan fingerprint density at radius 2 is 1.26 bits per heavy atom. The Labute approximate surface area is 288 Å². The third kappa shape index (κ3) is 5.12. The maximum atomic E-state index is 7.44. The molecule has 0 N–H and O–H groups in total. The van der Waals surface area contributed by atoms with E-state index in [4.69, 9.17) is 11.6 Å². The van der Waals surface area contributed by atoms with E-state index < -0.39 is 0 Å². The lowest BCUT2D eigenvalue weighted by Crippen LogP contribution is -2.52. The van der Waals surface area contributed by atoms with E-state index in [1.165, 1.54) is 52.6 Å². The number of para-hydroxylation sites is 3. The smallest absolute Gasteiger partial charge is 0.0782 e. The standard InChI is InChI=1S/C43H39ClN2S/c1-42-27-12-5-13-28-43(42,2)46(38-20-11-10-19-37(38)42)39-21-14-22-40(41(39)44)47-36-26-24-31-23-25-35(29-32(31)30-36)45(33-15-6-3-7-16-33)34-17-8-4-9-18-34/h3-4,6-11,14-26,29-30H,5,12-13,27-28H2,1-2H3. The van der Waals surface area contributed by atoms with Crippen LogP contribution in [0.3, 0.4) is 0 Å². The molecule has 2 nitrogen and oxygen atoms in total. The predicted molar refractivity (Wildman–Crippen MR) is 202 cm³/mol. The summed E-state index contributed by atoms with van der Waals surface area (Å²) in [7, 11) is 0. The Kier molecular flexibility index (Phi) is 7.78. The van der Waals surface area contributed by atoms with Crippen molar-refractivity contribution < 1.29 is 0 Å². The van der Waals surface area contributed by atoms with Crippen molar-refractivity contribution in [2.24, 2.45) is 0 Å². The molecule has 0 radical (unpaired) electrons. The van der Waals surface area contributed by atoms with Crippen LogP contribution in [0, 0.1) is 0 Å². The minimum Gasteiger partial charge on any atom is -0.333 e. The first-order valence-electron chi connectivity index (χ1n) is 16.8. The highest BCUT2D eigenvalue weighted by Gasteiger charge is 2.56. The van der Waals surface area contributed by atoms with Gasteiger partial charge in [-0.2, -0.15) is 0 Å². The first-order valence-corrected chi connectivity index (χ1v) is 18.0. The highest BCUT2D eigenvalue weighted by molar-refractivity contribution is 7.99. The quantitative estimate of drug-likeness (QED) is 0.177. The van der Waals surface area contributed by atoms with E-state index in [0.29, 0.717) is 0 Å². The number of rotatable bonds is 6. The molecule has 0 spiro atoms. The Morgan fingerprint density at radius 1 is 0.596 bits per heavy atom. The number of nitrogens with zero attached hydrogens (tertiary/aromatic N) is 2. The molecule has 2 unspecified atom stereocenters. The van der Waals surface area contributed by atoms with Crippen molar-refractivity contribution in [1.29, 1.82) is 0 Å². The number of anilines is 5. The number of halogens is 1. The van der Waals surface area contributed by atoms with E-state index in [1.807, 2.05) is 0 Å². The molecular weight excluding hydrogens is 612 g/mol. The van der Waals surface area contributed by atoms with E-state index in [2.05, 4.69) is 163 Å². The van der Waals surface area contributed by atoms with Crippen molar-refractivity contribution in [3.8, 4) is 0 Å². The minimum absolute atomic E-state index is 0.0388. The minimum atomic E-state index is -0.0388. The van der Waals surface area contributed by atoms with Gasteiger partial charge >= 0.3 is 0 Å². The molecule has 1 heterocycles. The number of hydrogen-bond donors (Lipinski definition) is 0. The molecule has 2 atom stereocenters. The van der Waals surface area contributed by atoms with Crippen LogP contribution >= 0.6 is 23.4 Å². The molecule has 234 valence electrons. The zero-order valence-electron chi connectivity index (χ0n) is 27.0. The second-order valence-electron chi connectivity index (χ2n) is 13.4. The second-order valence-corrected chi connectivity index (χ2v) is 14.9. The molecule has 1 saturated carbocycles. The Hall–Kier alpha value is -4.18. The summed E-state index contributed by atoms with van der Waals surface area (Å²) in [5.41, 5.74) is 7.32. The zero-order valence-corrected chi connectivity index (χ0v) is 28.6. The monoisotopic (exact) mass is 650 g/mol. The molecule has 0 aromatic heterocycles. The van der Waals surface area contributed by atoms with Crippen molar-refractivity contribution in [2.45, 2.75) is 66.7 Å². The van der Waals surface area contributed by atoms with Crippen LogP contribution in [0.2, 0.25) is 5.02 Å². The van der Waals surface area contributed by atoms with Crippen molar-refractivity contribution in [3.05, 3.63) is 150 Å². The molecule has 0 saturated heterocycles. The van der Waals surface area contributed by atoms with Crippen LogP contribution < -0.4 is 9.80 Å². The molecule has 1 aliphatic heterocycles. The summed E-state index contributed by atoms with van der Waals surface area (Å²) < 4.78 is 0. The van der Waals surface area contributed by atoms with E-state index >= 15 is 0 Å². The molecule has 4 heteroatoms. The lowest BCUT2D eigenvalue weighted by atomic mass is 9.66. The molecule has 47 heavy (non-hydrogen) atoms. The first-order chi connectivity index (χ1) is 23.0. The highest BCUT2D eigenvalue weighted by atomic mass is 35.5. The molecule has 2 aliphatic rings. The van der Waals surface area contributed by atoms with Crippen LogP contribution in [0.25, 0.3) is 10.8 Å². The van der Waals surface area contributed by atoms with E-state index in [9.17, 15) is 0 Å². The van der Waals surface area contributed by atoms with Gasteiger partial charge in [-0.15, -0.1) is 0 Å². The van der Waals surface area contributed by atoms with Crippen LogP contribution in [-0.2, 0) is 5.41 Å². The average Bonchev–Trinajstić information content (AvgIpc) is 3.17. The van der Waals surface area contributed by atoms with Gasteiger partial charge in [-0.25, -0.2) is 0 Å². The summed E-state index contributed by atoms with van der Waals surface area (Å²) in [5.74, 6) is 0. The van der Waals surface area contributed by atoms with Crippen LogP contribution in [0.15, 0.2) is 149 Å². The summed E-state index contributed by atoms with van der Waals surface area (Å²) in [4.78, 5) is 7.16. The normalized spacial score (nSPS) is 20.4. The maximum absolute atomic E-state index is 7.44. The van der Waals surface area contributed by atoms with Gasteiger partial charge in [0.2, 0.25) is 0 Å². The fraction of sp³-hybridized carbons (Fsp3) is 0.209. The first kappa shape index (κ1) is 30.2. The third-order valence-electron chi connectivity index (χ3n) is 10.8. The predicted octanol–water partition coefficient (Wildman–Crippen LogP) is 13.2. The summed E-state index contributed by atoms with van der Waals surface area (Å²) in [6, 6.07) is 50.2. The summed E-state index contributed by atoms with van der Waals surface area (Å²) >= 11 is 9.19. The van der Waals surface area contributed by atoms with E-state index in [0.717, 1.165) is 39.1 Å². The summed E-state index contributed by atoms with van der Waals surface area (Å²) in [5, 5.41) is 3.25. The van der Waals surface area contributed by atoms with Crippen molar-refractivity contribution >= 4 is 62.6 Å². The van der Waals surface area contributed by atoms with E-state index in [-0.39, 0.29) is 11.0 Å². The molecule has 0 amide bonds. The van der Waals surface area contributed by atoms with Crippen LogP contribution in [0.4, 0.5) is 28.4 Å². The van der Waals surface area contributed by atoms with Gasteiger partial charge in [0.1, 0.15) is 0 Å². The topological polar surface area (TPSA) is 6.48 Å². The fourth-order valence-corrected chi connectivity index (χ4v) is 9.39. The Morgan fingerprint density at radius 3 is 2.02 bits per heavy atom. The summed E-state index contributed by atoms with van der Waals surface area (Å²) in [6.07, 6.45) is 6.17. The van der Waals surface area contributed by atoms with Crippen molar-refractivity contribution in [2.75, 3.05) is 9.80 Å². The zero-order chi connectivity index (χ0) is 32.0. The number of fused-ring (bicyclic) bond motifs is 4. The van der Waals surface area contributed by atoms with Crippen LogP contribution in [-0.4, -0.2) is 5.54 Å². The average molecular weight is 651 g/mol. The van der Waals surface area contributed by atoms with Gasteiger partial charge in [0.05, 0.1) is 16.2 Å². The Balaban J connectivity index is 1.16. The van der Waals surface area contributed by atoms with Crippen molar-refractivity contribution in [3.63, 3.8) is 0 Å². The van der Waals surface area contributed by atoms with Gasteiger partial charge in [-0.1, -0.05) is 122 Å². The van der Waals surface area contributed by atoms with Crippen LogP contribution in [0.1, 0.15) is 51.5 Å². The molecule has 1 fully saturated rings. The van der Waals surface area contributed by atoms with Gasteiger partial charge in [-0.3, -0.25) is 0 Å². The maximum Gasteiger partial charge on any atom is 0.0782 e. The lowest BCUT2D eigenvalue weighted by molar-refractivity contribution is 0.261. The van der Waals surface area contributed by atoms with Crippen LogP contribution in [0.5, 0.6) is 0 Å². The van der Waals surface area contributed by atoms with Gasteiger partial charge in [0, 0.05) is 38.0 Å². The highest BCUT2D eigenvalue weighted by Crippen LogP contribution is 2.61. The molecular formula is C43H39ClN2S. The molecule has 6 aromatic carbocycles. The SMILES string of the molecule is CC12CCCCCC1(C)N(c1cccc(Sc3ccc4ccc(N(c5ccccc5)c5ccccc5)cc4c3)c1Cl)c1ccccc12. The third-order valence-corrected chi connectivity index (χ3v) is 12.3. The fourth-order valence-electron chi connectivity index (χ4n) is 8.14. The van der Waals surface area contributed by atoms with Gasteiger partial charge in [0.15, 0.2) is 0 Å². The van der Waals surface area contributed by atoms with E-state index in [1.54, 1.807) is 11.8 Å². The number of benzene rings is 6. The molecule has 6 aromatic rings. The van der Waals surface area contributed by atoms with Gasteiger partial charge in [-0.05, 0) is 103 Å². The molecule has 8 rings (SSSR count). The largest absolute Gasteiger partial charge is 0.333 e. The number of hydrogen-bond acceptors (Lipinski definition) is 3. The molecule has 0 bridgehead atoms. The second kappa shape index (κ2) is 12.1. The summed E-state index contributed by atoms with van der Waals surface area (Å²) in [6.45, 7) is 4.97.